The maximum Gasteiger partial charge on any atom is 0.225 e. The van der Waals surface area contributed by atoms with Crippen molar-refractivity contribution in [2.24, 2.45) is 0 Å². The van der Waals surface area contributed by atoms with E-state index >= 15 is 0 Å². The van der Waals surface area contributed by atoms with E-state index in [1.165, 1.54) is 0 Å². The minimum absolute atomic E-state index is 0.00574. The first-order valence-corrected chi connectivity index (χ1v) is 6.40. The molecule has 1 atom stereocenters. The summed E-state index contributed by atoms with van der Waals surface area (Å²) in [6, 6.07) is 3.76. The van der Waals surface area contributed by atoms with E-state index in [2.05, 4.69) is 10.6 Å². The molecule has 0 unspecified atom stereocenters. The van der Waals surface area contributed by atoms with Gasteiger partial charge in [-0.25, -0.2) is 0 Å². The highest BCUT2D eigenvalue weighted by Gasteiger charge is 2.18. The van der Waals surface area contributed by atoms with Gasteiger partial charge in [0.15, 0.2) is 0 Å². The highest BCUT2D eigenvalue weighted by molar-refractivity contribution is 5.93. The molecule has 1 aromatic carbocycles. The zero-order chi connectivity index (χ0) is 13.1. The number of phenols is 1. The van der Waals surface area contributed by atoms with E-state index in [1.54, 1.807) is 6.07 Å². The Hall–Kier alpha value is -1.55. The van der Waals surface area contributed by atoms with Crippen molar-refractivity contribution < 1.29 is 9.90 Å². The lowest BCUT2D eigenvalue weighted by Crippen LogP contribution is -2.27. The third kappa shape index (κ3) is 2.82. The van der Waals surface area contributed by atoms with Crippen LogP contribution >= 0.6 is 0 Å². The van der Waals surface area contributed by atoms with Gasteiger partial charge in [0.05, 0.1) is 5.69 Å². The van der Waals surface area contributed by atoms with Crippen LogP contribution in [0.3, 0.4) is 0 Å². The van der Waals surface area contributed by atoms with Crippen molar-refractivity contribution in [3.05, 3.63) is 23.3 Å². The van der Waals surface area contributed by atoms with Crippen molar-refractivity contribution in [2.45, 2.75) is 39.2 Å². The molecule has 1 aliphatic rings. The molecule has 0 bridgehead atoms. The molecule has 0 saturated carbocycles. The van der Waals surface area contributed by atoms with Gasteiger partial charge in [-0.2, -0.15) is 0 Å². The first kappa shape index (κ1) is 12.9. The quantitative estimate of drug-likeness (QED) is 0.767. The summed E-state index contributed by atoms with van der Waals surface area (Å²) in [5.74, 6) is 0.223. The molecule has 1 aromatic rings. The summed E-state index contributed by atoms with van der Waals surface area (Å²) in [4.78, 5) is 12.0. The number of benzene rings is 1. The van der Waals surface area contributed by atoms with Crippen molar-refractivity contribution >= 4 is 11.6 Å². The Bertz CT molecular complexity index is 451. The highest BCUT2D eigenvalue weighted by atomic mass is 16.3. The standard InChI is InChI=1S/C14H20N2O2/c1-9-5-6-12(17)10(2)14(9)16-13(18)8-11-4-3-7-15-11/h5-6,11,15,17H,3-4,7-8H2,1-2H3,(H,16,18)/t11-/m0/s1. The number of amides is 1. The van der Waals surface area contributed by atoms with Gasteiger partial charge in [0, 0.05) is 18.0 Å². The molecule has 2 rings (SSSR count). The minimum Gasteiger partial charge on any atom is -0.508 e. The number of carbonyl (C=O) groups is 1. The zero-order valence-corrected chi connectivity index (χ0v) is 10.9. The lowest BCUT2D eigenvalue weighted by Gasteiger charge is -2.14. The van der Waals surface area contributed by atoms with Gasteiger partial charge < -0.3 is 15.7 Å². The van der Waals surface area contributed by atoms with Gasteiger partial charge in [0.25, 0.3) is 0 Å². The fraction of sp³-hybridized carbons (Fsp3) is 0.500. The molecule has 4 nitrogen and oxygen atoms in total. The third-order valence-electron chi connectivity index (χ3n) is 3.50. The molecule has 0 aromatic heterocycles. The SMILES string of the molecule is Cc1ccc(O)c(C)c1NC(=O)C[C@@H]1CCCN1. The maximum atomic E-state index is 12.0. The van der Waals surface area contributed by atoms with Gasteiger partial charge in [-0.1, -0.05) is 6.07 Å². The van der Waals surface area contributed by atoms with Crippen molar-refractivity contribution in [3.8, 4) is 5.75 Å². The van der Waals surface area contributed by atoms with Crippen LogP contribution < -0.4 is 10.6 Å². The average molecular weight is 248 g/mol. The molecule has 0 aliphatic carbocycles. The molecule has 0 spiro atoms. The number of anilines is 1. The average Bonchev–Trinajstić information content (AvgIpc) is 2.82. The van der Waals surface area contributed by atoms with Crippen LogP contribution in [0, 0.1) is 13.8 Å². The maximum absolute atomic E-state index is 12.0. The van der Waals surface area contributed by atoms with E-state index in [0.717, 1.165) is 36.2 Å². The van der Waals surface area contributed by atoms with Crippen LogP contribution in [0.2, 0.25) is 0 Å². The summed E-state index contributed by atoms with van der Waals surface area (Å²) in [7, 11) is 0. The summed E-state index contributed by atoms with van der Waals surface area (Å²) in [6.07, 6.45) is 2.70. The Morgan fingerprint density at radius 3 is 2.94 bits per heavy atom. The molecule has 0 radical (unpaired) electrons. The summed E-state index contributed by atoms with van der Waals surface area (Å²) < 4.78 is 0. The number of hydrogen-bond donors (Lipinski definition) is 3. The molecule has 4 heteroatoms. The fourth-order valence-electron chi connectivity index (χ4n) is 2.37. The largest absolute Gasteiger partial charge is 0.508 e. The van der Waals surface area contributed by atoms with E-state index in [1.807, 2.05) is 19.9 Å². The summed E-state index contributed by atoms with van der Waals surface area (Å²) >= 11 is 0. The van der Waals surface area contributed by atoms with Crippen LogP contribution in [0.25, 0.3) is 0 Å². The van der Waals surface area contributed by atoms with Crippen LogP contribution in [-0.2, 0) is 4.79 Å². The van der Waals surface area contributed by atoms with E-state index in [0.29, 0.717) is 12.5 Å². The molecule has 3 N–H and O–H groups in total. The Labute approximate surface area is 107 Å². The van der Waals surface area contributed by atoms with Crippen LogP contribution in [0.1, 0.15) is 30.4 Å². The van der Waals surface area contributed by atoms with Crippen molar-refractivity contribution in [1.82, 2.24) is 5.32 Å². The van der Waals surface area contributed by atoms with Crippen molar-refractivity contribution in [2.75, 3.05) is 11.9 Å². The number of hydrogen-bond acceptors (Lipinski definition) is 3. The Balaban J connectivity index is 2.04. The first-order chi connectivity index (χ1) is 8.58. The summed E-state index contributed by atoms with van der Waals surface area (Å²) in [5.41, 5.74) is 2.43. The van der Waals surface area contributed by atoms with Gasteiger partial charge >= 0.3 is 0 Å². The molecule has 1 fully saturated rings. The Kier molecular flexibility index (Phi) is 3.87. The second-order valence-corrected chi connectivity index (χ2v) is 4.95. The second-order valence-electron chi connectivity index (χ2n) is 4.95. The molecule has 1 aliphatic heterocycles. The normalized spacial score (nSPS) is 18.9. The van der Waals surface area contributed by atoms with E-state index in [9.17, 15) is 9.90 Å². The van der Waals surface area contributed by atoms with Crippen LogP contribution in [-0.4, -0.2) is 23.6 Å². The molecule has 1 heterocycles. The van der Waals surface area contributed by atoms with Gasteiger partial charge in [-0.3, -0.25) is 4.79 Å². The predicted molar refractivity (Wildman–Crippen MR) is 71.9 cm³/mol. The number of phenolic OH excluding ortho intramolecular Hbond substituents is 1. The van der Waals surface area contributed by atoms with Gasteiger partial charge in [0.1, 0.15) is 5.75 Å². The Morgan fingerprint density at radius 2 is 2.28 bits per heavy atom. The topological polar surface area (TPSA) is 61.4 Å². The van der Waals surface area contributed by atoms with E-state index < -0.39 is 0 Å². The highest BCUT2D eigenvalue weighted by Crippen LogP contribution is 2.28. The van der Waals surface area contributed by atoms with E-state index in [4.69, 9.17) is 0 Å². The molecule has 1 amide bonds. The van der Waals surface area contributed by atoms with Crippen LogP contribution in [0.4, 0.5) is 5.69 Å². The minimum atomic E-state index is 0.00574. The molecule has 98 valence electrons. The smallest absolute Gasteiger partial charge is 0.225 e. The monoisotopic (exact) mass is 248 g/mol. The van der Waals surface area contributed by atoms with Gasteiger partial charge in [-0.15, -0.1) is 0 Å². The summed E-state index contributed by atoms with van der Waals surface area (Å²) in [5, 5.41) is 15.9. The number of carbonyl (C=O) groups excluding carboxylic acids is 1. The molecular formula is C14H20N2O2. The molecular weight excluding hydrogens is 228 g/mol. The fourth-order valence-corrected chi connectivity index (χ4v) is 2.37. The zero-order valence-electron chi connectivity index (χ0n) is 10.9. The predicted octanol–water partition coefficient (Wildman–Crippen LogP) is 2.09. The number of aryl methyl sites for hydroxylation is 1. The second kappa shape index (κ2) is 5.40. The van der Waals surface area contributed by atoms with Crippen LogP contribution in [0.15, 0.2) is 12.1 Å². The van der Waals surface area contributed by atoms with Crippen molar-refractivity contribution in [1.29, 1.82) is 0 Å². The molecule has 1 saturated heterocycles. The van der Waals surface area contributed by atoms with Gasteiger partial charge in [-0.05, 0) is 44.9 Å². The lowest BCUT2D eigenvalue weighted by molar-refractivity contribution is -0.116. The Morgan fingerprint density at radius 1 is 1.50 bits per heavy atom. The first-order valence-electron chi connectivity index (χ1n) is 6.40. The number of nitrogens with one attached hydrogen (secondary N) is 2. The summed E-state index contributed by atoms with van der Waals surface area (Å²) in [6.45, 7) is 4.74. The number of aromatic hydroxyl groups is 1. The lowest BCUT2D eigenvalue weighted by atomic mass is 10.1. The van der Waals surface area contributed by atoms with Gasteiger partial charge in [0.2, 0.25) is 5.91 Å². The van der Waals surface area contributed by atoms with Crippen LogP contribution in [0.5, 0.6) is 5.75 Å². The third-order valence-corrected chi connectivity index (χ3v) is 3.50. The molecule has 18 heavy (non-hydrogen) atoms. The van der Waals surface area contributed by atoms with Crippen molar-refractivity contribution in [3.63, 3.8) is 0 Å². The van der Waals surface area contributed by atoms with E-state index in [-0.39, 0.29) is 11.7 Å². The number of rotatable bonds is 3.